The van der Waals surface area contributed by atoms with Crippen LogP contribution in [0, 0.1) is 0 Å². The minimum absolute atomic E-state index is 0.891. The second-order valence-corrected chi connectivity index (χ2v) is 4.61. The van der Waals surface area contributed by atoms with Crippen LogP contribution in [0.25, 0.3) is 0 Å². The van der Waals surface area contributed by atoms with Crippen LogP contribution in [0.5, 0.6) is 0 Å². The predicted octanol–water partition coefficient (Wildman–Crippen LogP) is 3.36. The van der Waals surface area contributed by atoms with Crippen LogP contribution in [-0.2, 0) is 0 Å². The summed E-state index contributed by atoms with van der Waals surface area (Å²) in [5, 5.41) is 0. The maximum Gasteiger partial charge on any atom is 0.128 e. The highest BCUT2D eigenvalue weighted by Crippen LogP contribution is 2.09. The molecule has 0 atom stereocenters. The van der Waals surface area contributed by atoms with Crippen molar-refractivity contribution >= 4 is 5.82 Å². The fraction of sp³-hybridized carbons (Fsp3) is 0.471. The lowest BCUT2D eigenvalue weighted by Crippen LogP contribution is -2.35. The molecule has 0 bridgehead atoms. The Kier molecular flexibility index (Phi) is 8.40. The molecule has 0 saturated heterocycles. The summed E-state index contributed by atoms with van der Waals surface area (Å²) in [7, 11) is 0. The van der Waals surface area contributed by atoms with Crippen molar-refractivity contribution in [1.29, 1.82) is 0 Å². The number of allylic oxidation sites excluding steroid dienone is 3. The summed E-state index contributed by atoms with van der Waals surface area (Å²) in [5.41, 5.74) is 0. The van der Waals surface area contributed by atoms with Gasteiger partial charge in [0.1, 0.15) is 5.82 Å². The van der Waals surface area contributed by atoms with Crippen molar-refractivity contribution in [2.45, 2.75) is 20.8 Å². The molecule has 0 N–H and O–H groups in total. The summed E-state index contributed by atoms with van der Waals surface area (Å²) in [5.74, 6) is 1.05. The minimum atomic E-state index is 0.891. The topological polar surface area (TPSA) is 19.4 Å². The first-order chi connectivity index (χ1) is 9.81. The van der Waals surface area contributed by atoms with Crippen LogP contribution in [0.2, 0.25) is 0 Å². The van der Waals surface area contributed by atoms with Gasteiger partial charge < -0.3 is 9.80 Å². The third-order valence-electron chi connectivity index (χ3n) is 3.32. The van der Waals surface area contributed by atoms with Crippen LogP contribution in [-0.4, -0.2) is 42.6 Å². The molecule has 0 aliphatic rings. The van der Waals surface area contributed by atoms with Crippen LogP contribution in [0.15, 0.2) is 48.7 Å². The smallest absolute Gasteiger partial charge is 0.128 e. The molecule has 20 heavy (non-hydrogen) atoms. The zero-order chi connectivity index (χ0) is 14.6. The van der Waals surface area contributed by atoms with Crippen LogP contribution in [0.1, 0.15) is 20.8 Å². The second kappa shape index (κ2) is 10.2. The molecule has 1 aromatic heterocycles. The molecule has 1 heterocycles. The first kappa shape index (κ1) is 16.4. The summed E-state index contributed by atoms with van der Waals surface area (Å²) >= 11 is 0. The summed E-state index contributed by atoms with van der Waals surface area (Å²) in [6, 6.07) is 6.08. The first-order valence-corrected chi connectivity index (χ1v) is 7.48. The predicted molar refractivity (Wildman–Crippen MR) is 88.2 cm³/mol. The molecule has 1 aromatic rings. The number of hydrogen-bond acceptors (Lipinski definition) is 3. The van der Waals surface area contributed by atoms with Gasteiger partial charge >= 0.3 is 0 Å². The Morgan fingerprint density at radius 2 is 1.90 bits per heavy atom. The number of nitrogens with zero attached hydrogens (tertiary/aromatic N) is 3. The van der Waals surface area contributed by atoms with Gasteiger partial charge in [0.2, 0.25) is 0 Å². The van der Waals surface area contributed by atoms with Crippen molar-refractivity contribution < 1.29 is 0 Å². The van der Waals surface area contributed by atoms with E-state index in [2.05, 4.69) is 52.9 Å². The van der Waals surface area contributed by atoms with Crippen LogP contribution in [0.4, 0.5) is 5.82 Å². The van der Waals surface area contributed by atoms with E-state index >= 15 is 0 Å². The lowest BCUT2D eigenvalue weighted by Gasteiger charge is -2.26. The molecular weight excluding hydrogens is 246 g/mol. The zero-order valence-corrected chi connectivity index (χ0v) is 13.0. The average Bonchev–Trinajstić information content (AvgIpc) is 2.51. The van der Waals surface area contributed by atoms with E-state index in [-0.39, 0.29) is 0 Å². The highest BCUT2D eigenvalue weighted by atomic mass is 15.2. The SMILES string of the molecule is C/C=C/C=C/CN(CCN(CC)CC)c1ccccn1. The van der Waals surface area contributed by atoms with E-state index in [1.165, 1.54) is 0 Å². The maximum absolute atomic E-state index is 4.46. The molecule has 0 aliphatic heterocycles. The Balaban J connectivity index is 2.64. The minimum Gasteiger partial charge on any atom is -0.352 e. The number of anilines is 1. The number of pyridine rings is 1. The van der Waals surface area contributed by atoms with Crippen molar-refractivity contribution in [1.82, 2.24) is 9.88 Å². The highest BCUT2D eigenvalue weighted by molar-refractivity contribution is 5.38. The van der Waals surface area contributed by atoms with Crippen molar-refractivity contribution in [2.75, 3.05) is 37.6 Å². The van der Waals surface area contributed by atoms with E-state index < -0.39 is 0 Å². The number of hydrogen-bond donors (Lipinski definition) is 0. The lowest BCUT2D eigenvalue weighted by atomic mass is 10.3. The fourth-order valence-corrected chi connectivity index (χ4v) is 2.02. The molecule has 0 radical (unpaired) electrons. The summed E-state index contributed by atoms with van der Waals surface area (Å²) in [4.78, 5) is 9.22. The van der Waals surface area contributed by atoms with Crippen molar-refractivity contribution in [3.63, 3.8) is 0 Å². The quantitative estimate of drug-likeness (QED) is 0.643. The van der Waals surface area contributed by atoms with Gasteiger partial charge in [-0.25, -0.2) is 4.98 Å². The van der Waals surface area contributed by atoms with Gasteiger partial charge in [-0.1, -0.05) is 44.2 Å². The first-order valence-electron chi connectivity index (χ1n) is 7.48. The molecule has 1 rings (SSSR count). The molecule has 3 heteroatoms. The molecule has 0 fully saturated rings. The van der Waals surface area contributed by atoms with Crippen molar-refractivity contribution in [3.8, 4) is 0 Å². The van der Waals surface area contributed by atoms with E-state index in [1.807, 2.05) is 31.3 Å². The molecular formula is C17H27N3. The molecule has 0 saturated carbocycles. The Hall–Kier alpha value is -1.61. The van der Waals surface area contributed by atoms with Gasteiger partial charge in [-0.3, -0.25) is 0 Å². The van der Waals surface area contributed by atoms with E-state index in [0.29, 0.717) is 0 Å². The van der Waals surface area contributed by atoms with E-state index in [4.69, 9.17) is 0 Å². The molecule has 0 spiro atoms. The van der Waals surface area contributed by atoms with E-state index in [9.17, 15) is 0 Å². The largest absolute Gasteiger partial charge is 0.352 e. The fourth-order valence-electron chi connectivity index (χ4n) is 2.02. The van der Waals surface area contributed by atoms with Gasteiger partial charge in [0, 0.05) is 25.8 Å². The third-order valence-corrected chi connectivity index (χ3v) is 3.32. The molecule has 3 nitrogen and oxygen atoms in total. The van der Waals surface area contributed by atoms with Crippen molar-refractivity contribution in [3.05, 3.63) is 48.7 Å². The standard InChI is InChI=1S/C17H27N3/c1-4-7-8-11-14-20(16-15-19(5-2)6-3)17-12-9-10-13-18-17/h4,7-13H,5-6,14-16H2,1-3H3/b7-4+,11-8+. The van der Waals surface area contributed by atoms with Gasteiger partial charge in [0.15, 0.2) is 0 Å². The lowest BCUT2D eigenvalue weighted by molar-refractivity contribution is 0.310. The Morgan fingerprint density at radius 3 is 2.50 bits per heavy atom. The molecule has 0 aliphatic carbocycles. The zero-order valence-electron chi connectivity index (χ0n) is 13.0. The summed E-state index contributed by atoms with van der Waals surface area (Å²) < 4.78 is 0. The molecule has 0 aromatic carbocycles. The van der Waals surface area contributed by atoms with E-state index in [1.54, 1.807) is 0 Å². The highest BCUT2D eigenvalue weighted by Gasteiger charge is 2.07. The number of aromatic nitrogens is 1. The molecule has 0 amide bonds. The molecule has 110 valence electrons. The van der Waals surface area contributed by atoms with Crippen LogP contribution >= 0.6 is 0 Å². The summed E-state index contributed by atoms with van der Waals surface area (Å²) in [6.45, 7) is 11.6. The number of likely N-dealkylation sites (N-methyl/N-ethyl adjacent to an activating group) is 1. The van der Waals surface area contributed by atoms with E-state index in [0.717, 1.165) is 38.5 Å². The average molecular weight is 273 g/mol. The summed E-state index contributed by atoms with van der Waals surface area (Å²) in [6.07, 6.45) is 10.2. The Morgan fingerprint density at radius 1 is 1.10 bits per heavy atom. The number of rotatable bonds is 9. The maximum atomic E-state index is 4.46. The molecule has 0 unspecified atom stereocenters. The third kappa shape index (κ3) is 6.02. The van der Waals surface area contributed by atoms with Gasteiger partial charge in [-0.05, 0) is 32.1 Å². The van der Waals surface area contributed by atoms with Gasteiger partial charge in [-0.2, -0.15) is 0 Å². The Labute approximate surface area is 123 Å². The van der Waals surface area contributed by atoms with Crippen LogP contribution < -0.4 is 4.90 Å². The van der Waals surface area contributed by atoms with Gasteiger partial charge in [0.25, 0.3) is 0 Å². The van der Waals surface area contributed by atoms with Crippen LogP contribution in [0.3, 0.4) is 0 Å². The van der Waals surface area contributed by atoms with Gasteiger partial charge in [0.05, 0.1) is 0 Å². The normalized spacial score (nSPS) is 11.8. The second-order valence-electron chi connectivity index (χ2n) is 4.61. The van der Waals surface area contributed by atoms with Gasteiger partial charge in [-0.15, -0.1) is 0 Å². The van der Waals surface area contributed by atoms with Crippen molar-refractivity contribution in [2.24, 2.45) is 0 Å². The Bertz CT molecular complexity index is 394. The monoisotopic (exact) mass is 273 g/mol.